The van der Waals surface area contributed by atoms with Crippen molar-refractivity contribution in [2.75, 3.05) is 17.3 Å². The number of anilines is 1. The van der Waals surface area contributed by atoms with Crippen LogP contribution in [0.4, 0.5) is 5.69 Å². The first kappa shape index (κ1) is 8.45. The smallest absolute Gasteiger partial charge is 0.0792 e. The molecule has 1 unspecified atom stereocenters. The van der Waals surface area contributed by atoms with Crippen molar-refractivity contribution in [1.29, 1.82) is 0 Å². The summed E-state index contributed by atoms with van der Waals surface area (Å²) >= 11 is 5.54. The van der Waals surface area contributed by atoms with Crippen LogP contribution in [0, 0.1) is 0 Å². The molecule has 64 valence electrons. The molecule has 1 aromatic rings. The van der Waals surface area contributed by atoms with E-state index in [0.29, 0.717) is 4.16 Å². The lowest BCUT2D eigenvalue weighted by molar-refractivity contribution is 0.980. The Labute approximate surface area is 85.3 Å². The van der Waals surface area contributed by atoms with Gasteiger partial charge >= 0.3 is 0 Å². The van der Waals surface area contributed by atoms with Crippen molar-refractivity contribution in [3.8, 4) is 0 Å². The van der Waals surface area contributed by atoms with Crippen LogP contribution < -0.4 is 4.90 Å². The molecule has 0 radical (unpaired) electrons. The minimum absolute atomic E-state index is 0.595. The zero-order valence-electron chi connectivity index (χ0n) is 6.61. The van der Waals surface area contributed by atoms with E-state index in [1.165, 1.54) is 5.69 Å². The molecule has 0 bridgehead atoms. The van der Waals surface area contributed by atoms with E-state index in [9.17, 15) is 0 Å². The fourth-order valence-electron chi connectivity index (χ4n) is 1.27. The molecule has 1 nitrogen and oxygen atoms in total. The van der Waals surface area contributed by atoms with Crippen LogP contribution in [0.3, 0.4) is 0 Å². The minimum Gasteiger partial charge on any atom is -0.360 e. The molecule has 0 saturated carbocycles. The zero-order chi connectivity index (χ0) is 8.39. The molecule has 1 fully saturated rings. The summed E-state index contributed by atoms with van der Waals surface area (Å²) in [5, 5.41) is 0. The second-order valence-electron chi connectivity index (χ2n) is 2.76. The van der Waals surface area contributed by atoms with E-state index in [0.717, 1.165) is 12.4 Å². The molecule has 0 aromatic heterocycles. The van der Waals surface area contributed by atoms with Crippen LogP contribution in [0.1, 0.15) is 0 Å². The fourth-order valence-corrected chi connectivity index (χ4v) is 2.85. The van der Waals surface area contributed by atoms with Crippen molar-refractivity contribution in [1.82, 2.24) is 0 Å². The Hall–Kier alpha value is -0.150. The van der Waals surface area contributed by atoms with E-state index < -0.39 is 0 Å². The van der Waals surface area contributed by atoms with Gasteiger partial charge in [0.05, 0.1) is 10.0 Å². The number of para-hydroxylation sites is 1. The number of halogens is 1. The van der Waals surface area contributed by atoms with E-state index in [1.807, 2.05) is 11.8 Å². The molecule has 1 heterocycles. The van der Waals surface area contributed by atoms with Gasteiger partial charge < -0.3 is 4.90 Å². The second kappa shape index (κ2) is 3.71. The lowest BCUT2D eigenvalue weighted by atomic mass is 10.3. The molecule has 1 aliphatic heterocycles. The molecular formula is C9H10BrNS. The predicted octanol–water partition coefficient (Wildman–Crippen LogP) is 2.92. The van der Waals surface area contributed by atoms with E-state index in [4.69, 9.17) is 0 Å². The van der Waals surface area contributed by atoms with Crippen LogP contribution in [0.5, 0.6) is 0 Å². The second-order valence-corrected chi connectivity index (χ2v) is 5.64. The van der Waals surface area contributed by atoms with E-state index in [-0.39, 0.29) is 0 Å². The molecule has 0 spiro atoms. The number of thioether (sulfide) groups is 1. The van der Waals surface area contributed by atoms with Crippen molar-refractivity contribution in [3.63, 3.8) is 0 Å². The Morgan fingerprint density at radius 1 is 1.33 bits per heavy atom. The third kappa shape index (κ3) is 1.77. The number of alkyl halides is 1. The highest BCUT2D eigenvalue weighted by molar-refractivity contribution is 9.11. The summed E-state index contributed by atoms with van der Waals surface area (Å²) < 4.78 is 0.595. The molecular weight excluding hydrogens is 234 g/mol. The van der Waals surface area contributed by atoms with Crippen molar-refractivity contribution >= 4 is 33.4 Å². The van der Waals surface area contributed by atoms with Crippen molar-refractivity contribution in [2.24, 2.45) is 0 Å². The van der Waals surface area contributed by atoms with Gasteiger partial charge in [0, 0.05) is 12.2 Å². The van der Waals surface area contributed by atoms with Gasteiger partial charge in [0.2, 0.25) is 0 Å². The van der Waals surface area contributed by atoms with Gasteiger partial charge in [-0.3, -0.25) is 0 Å². The first-order chi connectivity index (χ1) is 5.86. The van der Waals surface area contributed by atoms with E-state index in [2.05, 4.69) is 51.2 Å². The monoisotopic (exact) mass is 243 g/mol. The summed E-state index contributed by atoms with van der Waals surface area (Å²) in [5.74, 6) is 1.10. The maximum atomic E-state index is 3.60. The average Bonchev–Trinajstić information content (AvgIpc) is 2.54. The van der Waals surface area contributed by atoms with E-state index in [1.54, 1.807) is 0 Å². The van der Waals surface area contributed by atoms with Crippen LogP contribution in [0.2, 0.25) is 0 Å². The largest absolute Gasteiger partial charge is 0.360 e. The Morgan fingerprint density at radius 2 is 2.08 bits per heavy atom. The van der Waals surface area contributed by atoms with Gasteiger partial charge in [0.1, 0.15) is 0 Å². The van der Waals surface area contributed by atoms with Gasteiger partial charge in [-0.2, -0.15) is 0 Å². The van der Waals surface area contributed by atoms with Crippen molar-refractivity contribution in [3.05, 3.63) is 30.3 Å². The molecule has 2 rings (SSSR count). The fraction of sp³-hybridized carbons (Fsp3) is 0.333. The third-order valence-electron chi connectivity index (χ3n) is 1.90. The Bertz CT molecular complexity index is 252. The molecule has 0 amide bonds. The predicted molar refractivity (Wildman–Crippen MR) is 59.0 cm³/mol. The summed E-state index contributed by atoms with van der Waals surface area (Å²) in [6.45, 7) is 1.11. The highest BCUT2D eigenvalue weighted by Gasteiger charge is 2.19. The van der Waals surface area contributed by atoms with Crippen LogP contribution in [-0.4, -0.2) is 16.6 Å². The maximum absolute atomic E-state index is 3.60. The number of rotatable bonds is 1. The van der Waals surface area contributed by atoms with E-state index >= 15 is 0 Å². The molecule has 12 heavy (non-hydrogen) atoms. The Balaban J connectivity index is 2.11. The quantitative estimate of drug-likeness (QED) is 0.699. The highest BCUT2D eigenvalue weighted by atomic mass is 79.9. The normalized spacial score (nSPS) is 23.1. The van der Waals surface area contributed by atoms with Crippen LogP contribution in [-0.2, 0) is 0 Å². The number of nitrogens with zero attached hydrogens (tertiary/aromatic N) is 1. The van der Waals surface area contributed by atoms with Gasteiger partial charge in [-0.1, -0.05) is 34.1 Å². The topological polar surface area (TPSA) is 3.24 Å². The standard InChI is InChI=1S/C9H10BrNS/c10-9-6-11(7-12-9)8-4-2-1-3-5-8/h1-5,9H,6-7H2. The summed E-state index contributed by atoms with van der Waals surface area (Å²) in [4.78, 5) is 2.38. The molecule has 1 aromatic carbocycles. The maximum Gasteiger partial charge on any atom is 0.0792 e. The van der Waals surface area contributed by atoms with Crippen molar-refractivity contribution in [2.45, 2.75) is 4.16 Å². The zero-order valence-corrected chi connectivity index (χ0v) is 9.01. The van der Waals surface area contributed by atoms with Crippen LogP contribution >= 0.6 is 27.7 Å². The third-order valence-corrected chi connectivity index (χ3v) is 3.95. The number of hydrogen-bond acceptors (Lipinski definition) is 2. The number of hydrogen-bond donors (Lipinski definition) is 0. The van der Waals surface area contributed by atoms with Crippen molar-refractivity contribution < 1.29 is 0 Å². The van der Waals surface area contributed by atoms with Gasteiger partial charge in [0.25, 0.3) is 0 Å². The average molecular weight is 244 g/mol. The molecule has 1 aliphatic rings. The first-order valence-electron chi connectivity index (χ1n) is 3.92. The summed E-state index contributed by atoms with van der Waals surface area (Å²) in [6, 6.07) is 10.5. The molecule has 1 atom stereocenters. The van der Waals surface area contributed by atoms with Crippen LogP contribution in [0.25, 0.3) is 0 Å². The summed E-state index contributed by atoms with van der Waals surface area (Å²) in [6.07, 6.45) is 0. The van der Waals surface area contributed by atoms with Crippen LogP contribution in [0.15, 0.2) is 30.3 Å². The summed E-state index contributed by atoms with van der Waals surface area (Å²) in [5.41, 5.74) is 1.33. The molecule has 0 N–H and O–H groups in total. The first-order valence-corrected chi connectivity index (χ1v) is 5.88. The lowest BCUT2D eigenvalue weighted by Crippen LogP contribution is -2.19. The Kier molecular flexibility index (Phi) is 2.61. The SMILES string of the molecule is BrC1CN(c2ccccc2)CS1. The molecule has 0 aliphatic carbocycles. The van der Waals surface area contributed by atoms with Gasteiger partial charge in [-0.25, -0.2) is 0 Å². The Morgan fingerprint density at radius 3 is 2.67 bits per heavy atom. The minimum atomic E-state index is 0.595. The van der Waals surface area contributed by atoms with Gasteiger partial charge in [0.15, 0.2) is 0 Å². The molecule has 1 saturated heterocycles. The lowest BCUT2D eigenvalue weighted by Gasteiger charge is -2.16. The van der Waals surface area contributed by atoms with Gasteiger partial charge in [-0.15, -0.1) is 11.8 Å². The molecule has 3 heteroatoms. The number of benzene rings is 1. The van der Waals surface area contributed by atoms with Gasteiger partial charge in [-0.05, 0) is 12.1 Å². The highest BCUT2D eigenvalue weighted by Crippen LogP contribution is 2.30. The summed E-state index contributed by atoms with van der Waals surface area (Å²) in [7, 11) is 0.